The van der Waals surface area contributed by atoms with Gasteiger partial charge in [-0.15, -0.1) is 0 Å². The van der Waals surface area contributed by atoms with Gasteiger partial charge in [0.15, 0.2) is 0 Å². The first kappa shape index (κ1) is 18.7. The summed E-state index contributed by atoms with van der Waals surface area (Å²) in [7, 11) is -1.31. The minimum absolute atomic E-state index is 0.112. The van der Waals surface area contributed by atoms with Gasteiger partial charge in [0.25, 0.3) is 0 Å². The number of carbonyl (C=O) groups excluding carboxylic acids is 1. The molecule has 0 spiro atoms. The second-order valence-corrected chi connectivity index (χ2v) is 8.37. The fourth-order valence-corrected chi connectivity index (χ4v) is 3.81. The number of amides is 1. The average Bonchev–Trinajstić information content (AvgIpc) is 2.50. The van der Waals surface area contributed by atoms with E-state index in [-0.39, 0.29) is 5.91 Å². The maximum Gasteiger partial charge on any atom is 0.232 e. The van der Waals surface area contributed by atoms with Crippen LogP contribution in [-0.2, 0) is 14.8 Å². The highest BCUT2D eigenvalue weighted by molar-refractivity contribution is 7.92. The lowest BCUT2D eigenvalue weighted by molar-refractivity contribution is -0.132. The smallest absolute Gasteiger partial charge is 0.232 e. The predicted octanol–water partition coefficient (Wildman–Crippen LogP) is 1.32. The number of rotatable bonds is 6. The summed E-state index contributed by atoms with van der Waals surface area (Å²) < 4.78 is 25.5. The summed E-state index contributed by atoms with van der Waals surface area (Å²) in [6.07, 6.45) is 2.10. The molecular formula is C17H27N3O3S. The van der Waals surface area contributed by atoms with E-state index in [0.717, 1.165) is 31.7 Å². The van der Waals surface area contributed by atoms with Crippen LogP contribution in [0.5, 0.6) is 0 Å². The van der Waals surface area contributed by atoms with Gasteiger partial charge in [-0.3, -0.25) is 9.10 Å². The van der Waals surface area contributed by atoms with Crippen molar-refractivity contribution in [1.82, 2.24) is 9.80 Å². The van der Waals surface area contributed by atoms with Crippen LogP contribution in [0, 0.1) is 6.92 Å². The number of sulfonamides is 1. The van der Waals surface area contributed by atoms with E-state index in [0.29, 0.717) is 25.1 Å². The maximum absolute atomic E-state index is 12.3. The van der Waals surface area contributed by atoms with E-state index < -0.39 is 10.0 Å². The zero-order valence-electron chi connectivity index (χ0n) is 14.7. The first-order valence-corrected chi connectivity index (χ1v) is 10.1. The Balaban J connectivity index is 1.93. The molecule has 1 aliphatic rings. The van der Waals surface area contributed by atoms with E-state index in [2.05, 4.69) is 4.90 Å². The van der Waals surface area contributed by atoms with Gasteiger partial charge in [-0.25, -0.2) is 8.42 Å². The van der Waals surface area contributed by atoms with E-state index in [1.165, 1.54) is 10.6 Å². The van der Waals surface area contributed by atoms with Crippen molar-refractivity contribution in [2.24, 2.45) is 0 Å². The van der Waals surface area contributed by atoms with Gasteiger partial charge in [0, 0.05) is 39.1 Å². The molecule has 0 bridgehead atoms. The highest BCUT2D eigenvalue weighted by Gasteiger charge is 2.21. The normalized spacial score (nSPS) is 16.2. The second kappa shape index (κ2) is 7.98. The number of carbonyl (C=O) groups is 1. The van der Waals surface area contributed by atoms with Gasteiger partial charge in [-0.1, -0.05) is 12.1 Å². The summed E-state index contributed by atoms with van der Waals surface area (Å²) in [4.78, 5) is 16.3. The Labute approximate surface area is 145 Å². The van der Waals surface area contributed by atoms with Crippen molar-refractivity contribution in [2.75, 3.05) is 50.3 Å². The van der Waals surface area contributed by atoms with Crippen molar-refractivity contribution in [3.63, 3.8) is 0 Å². The fourth-order valence-electron chi connectivity index (χ4n) is 2.86. The molecule has 1 aromatic rings. The summed E-state index contributed by atoms with van der Waals surface area (Å²) in [6, 6.07) is 7.42. The minimum atomic E-state index is -3.36. The van der Waals surface area contributed by atoms with Crippen LogP contribution in [0.4, 0.5) is 5.69 Å². The lowest BCUT2D eigenvalue weighted by Gasteiger charge is -2.32. The fraction of sp³-hybridized carbons (Fsp3) is 0.588. The molecule has 1 aliphatic heterocycles. The minimum Gasteiger partial charge on any atom is -0.340 e. The van der Waals surface area contributed by atoms with Crippen LogP contribution in [0.3, 0.4) is 0 Å². The number of hydrogen-bond donors (Lipinski definition) is 0. The second-order valence-electron chi connectivity index (χ2n) is 6.46. The van der Waals surface area contributed by atoms with E-state index in [1.807, 2.05) is 37.1 Å². The van der Waals surface area contributed by atoms with Gasteiger partial charge in [-0.2, -0.15) is 0 Å². The largest absolute Gasteiger partial charge is 0.340 e. The molecule has 0 radical (unpaired) electrons. The maximum atomic E-state index is 12.3. The van der Waals surface area contributed by atoms with Crippen LogP contribution in [0.2, 0.25) is 0 Å². The molecule has 1 amide bonds. The molecule has 6 nitrogen and oxygen atoms in total. The number of aryl methyl sites for hydroxylation is 1. The highest BCUT2D eigenvalue weighted by Crippen LogP contribution is 2.19. The van der Waals surface area contributed by atoms with Gasteiger partial charge in [0.05, 0.1) is 11.9 Å². The zero-order chi connectivity index (χ0) is 17.7. The third kappa shape index (κ3) is 5.21. The number of nitrogens with zero attached hydrogens (tertiary/aromatic N) is 3. The number of benzene rings is 1. The topological polar surface area (TPSA) is 60.9 Å². The monoisotopic (exact) mass is 353 g/mol. The first-order valence-electron chi connectivity index (χ1n) is 8.28. The van der Waals surface area contributed by atoms with Gasteiger partial charge in [0.1, 0.15) is 0 Å². The van der Waals surface area contributed by atoms with E-state index >= 15 is 0 Å². The van der Waals surface area contributed by atoms with Crippen molar-refractivity contribution in [3.05, 3.63) is 29.8 Å². The Kier molecular flexibility index (Phi) is 6.23. The molecule has 0 atom stereocenters. The number of piperazine rings is 1. The Morgan fingerprint density at radius 1 is 1.21 bits per heavy atom. The predicted molar refractivity (Wildman–Crippen MR) is 96.7 cm³/mol. The third-order valence-electron chi connectivity index (χ3n) is 4.30. The number of anilines is 1. The standard InChI is InChI=1S/C17H27N3O3S/c1-15-6-4-7-16(14-15)20(24(3,22)23)9-5-8-17(21)19-12-10-18(2)11-13-19/h4,6-7,14H,5,8-13H2,1-3H3. The molecule has 7 heteroatoms. The summed E-state index contributed by atoms with van der Waals surface area (Å²) >= 11 is 0. The van der Waals surface area contributed by atoms with Crippen LogP contribution < -0.4 is 4.31 Å². The lowest BCUT2D eigenvalue weighted by atomic mass is 10.2. The Bertz CT molecular complexity index is 667. The summed E-state index contributed by atoms with van der Waals surface area (Å²) in [5.74, 6) is 0.112. The summed E-state index contributed by atoms with van der Waals surface area (Å²) in [5.41, 5.74) is 1.67. The van der Waals surface area contributed by atoms with Gasteiger partial charge < -0.3 is 9.80 Å². The molecule has 24 heavy (non-hydrogen) atoms. The van der Waals surface area contributed by atoms with Crippen LogP contribution in [0.25, 0.3) is 0 Å². The molecule has 134 valence electrons. The molecule has 0 saturated carbocycles. The van der Waals surface area contributed by atoms with Crippen molar-refractivity contribution in [3.8, 4) is 0 Å². The average molecular weight is 353 g/mol. The van der Waals surface area contributed by atoms with Crippen molar-refractivity contribution in [1.29, 1.82) is 0 Å². The van der Waals surface area contributed by atoms with Crippen molar-refractivity contribution < 1.29 is 13.2 Å². The highest BCUT2D eigenvalue weighted by atomic mass is 32.2. The molecule has 0 aromatic heterocycles. The third-order valence-corrected chi connectivity index (χ3v) is 5.49. The molecule has 2 rings (SSSR count). The number of likely N-dealkylation sites (N-methyl/N-ethyl adjacent to an activating group) is 1. The molecule has 1 saturated heterocycles. The van der Waals surface area contributed by atoms with Crippen LogP contribution in [-0.4, -0.2) is 70.2 Å². The molecular weight excluding hydrogens is 326 g/mol. The Hall–Kier alpha value is -1.60. The quantitative estimate of drug-likeness (QED) is 0.774. The first-order chi connectivity index (χ1) is 11.3. The SMILES string of the molecule is Cc1cccc(N(CCCC(=O)N2CCN(C)CC2)S(C)(=O)=O)c1. The van der Waals surface area contributed by atoms with E-state index in [9.17, 15) is 13.2 Å². The van der Waals surface area contributed by atoms with Crippen LogP contribution in [0.15, 0.2) is 24.3 Å². The molecule has 0 N–H and O–H groups in total. The van der Waals surface area contributed by atoms with Crippen molar-refractivity contribution in [2.45, 2.75) is 19.8 Å². The lowest BCUT2D eigenvalue weighted by Crippen LogP contribution is -2.47. The summed E-state index contributed by atoms with van der Waals surface area (Å²) in [5, 5.41) is 0. The Morgan fingerprint density at radius 2 is 1.88 bits per heavy atom. The molecule has 1 heterocycles. The van der Waals surface area contributed by atoms with Crippen LogP contribution in [0.1, 0.15) is 18.4 Å². The van der Waals surface area contributed by atoms with Gasteiger partial charge in [0.2, 0.25) is 15.9 Å². The van der Waals surface area contributed by atoms with E-state index in [4.69, 9.17) is 0 Å². The van der Waals surface area contributed by atoms with Crippen molar-refractivity contribution >= 4 is 21.6 Å². The molecule has 0 aliphatic carbocycles. The number of hydrogen-bond acceptors (Lipinski definition) is 4. The Morgan fingerprint density at radius 3 is 2.46 bits per heavy atom. The zero-order valence-corrected chi connectivity index (χ0v) is 15.6. The van der Waals surface area contributed by atoms with Gasteiger partial charge in [-0.05, 0) is 38.1 Å². The van der Waals surface area contributed by atoms with Crippen LogP contribution >= 0.6 is 0 Å². The van der Waals surface area contributed by atoms with E-state index in [1.54, 1.807) is 6.07 Å². The molecule has 0 unspecified atom stereocenters. The van der Waals surface area contributed by atoms with Gasteiger partial charge >= 0.3 is 0 Å². The molecule has 1 aromatic carbocycles. The molecule has 1 fully saturated rings. The summed E-state index contributed by atoms with van der Waals surface area (Å²) in [6.45, 7) is 5.55.